The standard InChI is InChI=1S/C15H15Cl2N3OS/c1-2-9-10(16)13(18)20-15(11(9)17)22-12(14(19)21)8-6-4-3-5-7-8/h3-7,12H,2H2,1H3,(H2,18,20)(H2,19,21). The van der Waals surface area contributed by atoms with Gasteiger partial charge in [0.1, 0.15) is 16.1 Å². The van der Waals surface area contributed by atoms with Gasteiger partial charge in [-0.1, -0.05) is 72.2 Å². The SMILES string of the molecule is CCc1c(Cl)c(N)nc(SC(C(N)=O)c2ccccc2)c1Cl. The van der Waals surface area contributed by atoms with Crippen LogP contribution in [0.5, 0.6) is 0 Å². The van der Waals surface area contributed by atoms with Gasteiger partial charge in [0.25, 0.3) is 0 Å². The Bertz CT molecular complexity index is 695. The highest BCUT2D eigenvalue weighted by atomic mass is 35.5. The second-order valence-electron chi connectivity index (χ2n) is 4.57. The number of hydrogen-bond acceptors (Lipinski definition) is 4. The smallest absolute Gasteiger partial charge is 0.235 e. The molecule has 0 spiro atoms. The highest BCUT2D eigenvalue weighted by Gasteiger charge is 2.23. The maximum Gasteiger partial charge on any atom is 0.235 e. The Balaban J connectivity index is 2.44. The Hall–Kier alpha value is -1.43. The van der Waals surface area contributed by atoms with E-state index in [0.717, 1.165) is 11.1 Å². The maximum atomic E-state index is 11.8. The zero-order valence-electron chi connectivity index (χ0n) is 11.8. The summed E-state index contributed by atoms with van der Waals surface area (Å²) >= 11 is 13.6. The van der Waals surface area contributed by atoms with Gasteiger partial charge in [-0.15, -0.1) is 0 Å². The Morgan fingerprint density at radius 3 is 2.45 bits per heavy atom. The van der Waals surface area contributed by atoms with Crippen LogP contribution in [-0.4, -0.2) is 10.9 Å². The highest BCUT2D eigenvalue weighted by Crippen LogP contribution is 2.41. The van der Waals surface area contributed by atoms with E-state index in [-0.39, 0.29) is 5.82 Å². The first-order valence-electron chi connectivity index (χ1n) is 6.60. The fourth-order valence-corrected chi connectivity index (χ4v) is 3.74. The molecule has 0 aliphatic rings. The van der Waals surface area contributed by atoms with Gasteiger partial charge in [-0.25, -0.2) is 4.98 Å². The molecule has 1 atom stereocenters. The first kappa shape index (κ1) is 16.9. The van der Waals surface area contributed by atoms with Gasteiger partial charge in [0.05, 0.1) is 10.0 Å². The molecule has 1 heterocycles. The Morgan fingerprint density at radius 1 is 1.27 bits per heavy atom. The molecule has 4 N–H and O–H groups in total. The molecule has 0 saturated carbocycles. The van der Waals surface area contributed by atoms with Crippen molar-refractivity contribution in [1.82, 2.24) is 4.98 Å². The molecule has 7 heteroatoms. The van der Waals surface area contributed by atoms with Gasteiger partial charge >= 0.3 is 0 Å². The van der Waals surface area contributed by atoms with Gasteiger partial charge in [0.15, 0.2) is 0 Å². The minimum absolute atomic E-state index is 0.196. The van der Waals surface area contributed by atoms with Crippen molar-refractivity contribution in [2.75, 3.05) is 5.73 Å². The van der Waals surface area contributed by atoms with E-state index in [1.807, 2.05) is 37.3 Å². The van der Waals surface area contributed by atoms with Crippen LogP contribution in [0.1, 0.15) is 23.3 Å². The second-order valence-corrected chi connectivity index (χ2v) is 6.42. The molecule has 2 aromatic rings. The number of carbonyl (C=O) groups is 1. The van der Waals surface area contributed by atoms with Crippen molar-refractivity contribution in [3.63, 3.8) is 0 Å². The molecule has 22 heavy (non-hydrogen) atoms. The summed E-state index contributed by atoms with van der Waals surface area (Å²) < 4.78 is 0. The number of carbonyl (C=O) groups excluding carboxylic acids is 1. The van der Waals surface area contributed by atoms with E-state index in [0.29, 0.717) is 21.5 Å². The summed E-state index contributed by atoms with van der Waals surface area (Å²) in [6, 6.07) is 9.21. The Kier molecular flexibility index (Phi) is 5.56. The summed E-state index contributed by atoms with van der Waals surface area (Å²) in [6.07, 6.45) is 0.616. The van der Waals surface area contributed by atoms with Crippen LogP contribution in [0.3, 0.4) is 0 Å². The largest absolute Gasteiger partial charge is 0.382 e. The van der Waals surface area contributed by atoms with Crippen molar-refractivity contribution in [3.05, 3.63) is 51.5 Å². The molecular formula is C15H15Cl2N3OS. The normalized spacial score (nSPS) is 12.1. The predicted octanol–water partition coefficient (Wildman–Crippen LogP) is 3.85. The van der Waals surface area contributed by atoms with Crippen molar-refractivity contribution < 1.29 is 4.79 Å². The fraction of sp³-hybridized carbons (Fsp3) is 0.200. The zero-order chi connectivity index (χ0) is 16.3. The lowest BCUT2D eigenvalue weighted by Gasteiger charge is -2.16. The molecule has 116 valence electrons. The van der Waals surface area contributed by atoms with Gasteiger partial charge in [-0.3, -0.25) is 4.79 Å². The molecule has 1 aromatic heterocycles. The number of primary amides is 1. The number of pyridine rings is 1. The summed E-state index contributed by atoms with van der Waals surface area (Å²) in [5.74, 6) is -0.276. The van der Waals surface area contributed by atoms with E-state index in [4.69, 9.17) is 34.7 Å². The maximum absolute atomic E-state index is 11.8. The molecule has 0 aliphatic heterocycles. The first-order chi connectivity index (χ1) is 10.5. The predicted molar refractivity (Wildman–Crippen MR) is 92.3 cm³/mol. The van der Waals surface area contributed by atoms with Crippen molar-refractivity contribution in [1.29, 1.82) is 0 Å². The Morgan fingerprint density at radius 2 is 1.91 bits per heavy atom. The van der Waals surface area contributed by atoms with Crippen LogP contribution in [0.15, 0.2) is 35.4 Å². The molecule has 0 aliphatic carbocycles. The molecule has 1 unspecified atom stereocenters. The number of hydrogen-bond donors (Lipinski definition) is 2. The number of nitrogens with two attached hydrogens (primary N) is 2. The minimum Gasteiger partial charge on any atom is -0.382 e. The minimum atomic E-state index is -0.600. The lowest BCUT2D eigenvalue weighted by molar-refractivity contribution is -0.117. The molecule has 4 nitrogen and oxygen atoms in total. The van der Waals surface area contributed by atoms with Crippen LogP contribution < -0.4 is 11.5 Å². The number of nitrogens with zero attached hydrogens (tertiary/aromatic N) is 1. The number of amides is 1. The molecule has 0 radical (unpaired) electrons. The highest BCUT2D eigenvalue weighted by molar-refractivity contribution is 8.00. The number of anilines is 1. The van der Waals surface area contributed by atoms with Crippen molar-refractivity contribution in [2.45, 2.75) is 23.6 Å². The molecular weight excluding hydrogens is 341 g/mol. The van der Waals surface area contributed by atoms with Gasteiger partial charge in [0.2, 0.25) is 5.91 Å². The van der Waals surface area contributed by atoms with Crippen LogP contribution in [-0.2, 0) is 11.2 Å². The summed E-state index contributed by atoms with van der Waals surface area (Å²) in [5.41, 5.74) is 12.8. The van der Waals surface area contributed by atoms with E-state index < -0.39 is 11.2 Å². The zero-order valence-corrected chi connectivity index (χ0v) is 14.2. The van der Waals surface area contributed by atoms with Gasteiger partial charge in [-0.05, 0) is 17.5 Å². The van der Waals surface area contributed by atoms with Gasteiger partial charge in [0, 0.05) is 0 Å². The summed E-state index contributed by atoms with van der Waals surface area (Å²) in [6.45, 7) is 1.92. The molecule has 0 bridgehead atoms. The number of thioether (sulfide) groups is 1. The van der Waals surface area contributed by atoms with Gasteiger partial charge < -0.3 is 11.5 Å². The lowest BCUT2D eigenvalue weighted by Crippen LogP contribution is -2.19. The van der Waals surface area contributed by atoms with Crippen LogP contribution in [0.2, 0.25) is 10.0 Å². The van der Waals surface area contributed by atoms with Crippen LogP contribution in [0.25, 0.3) is 0 Å². The third kappa shape index (κ3) is 3.48. The third-order valence-electron chi connectivity index (χ3n) is 3.11. The monoisotopic (exact) mass is 355 g/mol. The number of halogens is 2. The molecule has 1 amide bonds. The number of rotatable bonds is 5. The van der Waals surface area contributed by atoms with E-state index in [1.165, 1.54) is 11.8 Å². The van der Waals surface area contributed by atoms with Crippen LogP contribution in [0.4, 0.5) is 5.82 Å². The van der Waals surface area contributed by atoms with Crippen molar-refractivity contribution >= 4 is 46.7 Å². The molecule has 2 rings (SSSR count). The molecule has 1 aromatic carbocycles. The number of aromatic nitrogens is 1. The average molecular weight is 356 g/mol. The average Bonchev–Trinajstić information content (AvgIpc) is 2.50. The topological polar surface area (TPSA) is 82.0 Å². The molecule has 0 saturated heterocycles. The van der Waals surface area contributed by atoms with Crippen LogP contribution in [0, 0.1) is 0 Å². The first-order valence-corrected chi connectivity index (χ1v) is 8.23. The fourth-order valence-electron chi connectivity index (χ4n) is 2.01. The quantitative estimate of drug-likeness (QED) is 0.797. The third-order valence-corrected chi connectivity index (χ3v) is 5.31. The van der Waals surface area contributed by atoms with E-state index >= 15 is 0 Å². The number of benzene rings is 1. The lowest BCUT2D eigenvalue weighted by atomic mass is 10.1. The van der Waals surface area contributed by atoms with Crippen LogP contribution >= 0.6 is 35.0 Å². The summed E-state index contributed by atoms with van der Waals surface area (Å²) in [4.78, 5) is 16.0. The van der Waals surface area contributed by atoms with E-state index in [9.17, 15) is 4.79 Å². The Labute approximate surface area is 143 Å². The second kappa shape index (κ2) is 7.22. The van der Waals surface area contributed by atoms with Crippen molar-refractivity contribution in [2.24, 2.45) is 5.73 Å². The van der Waals surface area contributed by atoms with E-state index in [2.05, 4.69) is 4.98 Å². The number of nitrogen functional groups attached to an aromatic ring is 1. The summed E-state index contributed by atoms with van der Waals surface area (Å²) in [5, 5.41) is 0.616. The van der Waals surface area contributed by atoms with Gasteiger partial charge in [-0.2, -0.15) is 0 Å². The summed E-state index contributed by atoms with van der Waals surface area (Å²) in [7, 11) is 0. The van der Waals surface area contributed by atoms with Crippen molar-refractivity contribution in [3.8, 4) is 0 Å². The molecule has 0 fully saturated rings. The van der Waals surface area contributed by atoms with E-state index in [1.54, 1.807) is 0 Å².